The molecule has 1 aliphatic rings. The van der Waals surface area contributed by atoms with Crippen LogP contribution in [0, 0.1) is 6.92 Å². The number of carbonyl (C=O) groups is 1. The summed E-state index contributed by atoms with van der Waals surface area (Å²) < 4.78 is 0. The number of aryl methyl sites for hydroxylation is 2. The van der Waals surface area contributed by atoms with Crippen LogP contribution in [0.1, 0.15) is 17.7 Å². The number of hydrogen-bond acceptors (Lipinski definition) is 5. The molecule has 3 rings (SSSR count). The van der Waals surface area contributed by atoms with E-state index in [1.54, 1.807) is 0 Å². The zero-order chi connectivity index (χ0) is 16.9. The number of nitrogen functional groups attached to an aromatic ring is 1. The fourth-order valence-corrected chi connectivity index (χ4v) is 2.98. The van der Waals surface area contributed by atoms with Crippen LogP contribution in [0.4, 0.5) is 11.8 Å². The van der Waals surface area contributed by atoms with Crippen molar-refractivity contribution in [2.24, 2.45) is 0 Å². The number of nitrogens with zero attached hydrogens (tertiary/aromatic N) is 4. The average Bonchev–Trinajstić information content (AvgIpc) is 2.60. The molecule has 2 heterocycles. The minimum Gasteiger partial charge on any atom is -0.368 e. The second-order valence-electron chi connectivity index (χ2n) is 6.08. The molecule has 24 heavy (non-hydrogen) atoms. The molecule has 1 aromatic heterocycles. The van der Waals surface area contributed by atoms with Gasteiger partial charge in [-0.3, -0.25) is 4.79 Å². The van der Waals surface area contributed by atoms with Crippen LogP contribution in [0.3, 0.4) is 0 Å². The lowest BCUT2D eigenvalue weighted by Crippen LogP contribution is -2.49. The topological polar surface area (TPSA) is 75.3 Å². The first-order valence-electron chi connectivity index (χ1n) is 8.29. The number of amides is 1. The lowest BCUT2D eigenvalue weighted by atomic mass is 10.1. The van der Waals surface area contributed by atoms with E-state index in [0.717, 1.165) is 44.1 Å². The largest absolute Gasteiger partial charge is 0.368 e. The van der Waals surface area contributed by atoms with Gasteiger partial charge in [-0.2, -0.15) is 4.98 Å². The maximum Gasteiger partial charge on any atom is 0.223 e. The normalized spacial score (nSPS) is 14.7. The van der Waals surface area contributed by atoms with Crippen LogP contribution < -0.4 is 10.6 Å². The third-order valence-electron chi connectivity index (χ3n) is 4.28. The molecule has 2 aromatic rings. The predicted octanol–water partition coefficient (Wildman–Crippen LogP) is 1.65. The van der Waals surface area contributed by atoms with E-state index in [0.29, 0.717) is 12.4 Å². The van der Waals surface area contributed by atoms with Crippen molar-refractivity contribution in [3.63, 3.8) is 0 Å². The summed E-state index contributed by atoms with van der Waals surface area (Å²) in [5.74, 6) is 1.36. The lowest BCUT2D eigenvalue weighted by molar-refractivity contribution is -0.131. The smallest absolute Gasteiger partial charge is 0.223 e. The van der Waals surface area contributed by atoms with E-state index in [1.807, 2.05) is 36.1 Å². The van der Waals surface area contributed by atoms with Crippen molar-refractivity contribution in [1.82, 2.24) is 14.9 Å². The summed E-state index contributed by atoms with van der Waals surface area (Å²) in [7, 11) is 0. The minimum absolute atomic E-state index is 0.219. The van der Waals surface area contributed by atoms with Gasteiger partial charge >= 0.3 is 0 Å². The van der Waals surface area contributed by atoms with E-state index in [-0.39, 0.29) is 5.91 Å². The second kappa shape index (κ2) is 7.29. The third kappa shape index (κ3) is 4.01. The Labute approximate surface area is 142 Å². The zero-order valence-corrected chi connectivity index (χ0v) is 14.0. The molecule has 0 atom stereocenters. The average molecular weight is 325 g/mol. The first-order valence-corrected chi connectivity index (χ1v) is 8.29. The van der Waals surface area contributed by atoms with Crippen LogP contribution in [0.25, 0.3) is 0 Å². The van der Waals surface area contributed by atoms with Crippen LogP contribution in [0.5, 0.6) is 0 Å². The minimum atomic E-state index is 0.219. The zero-order valence-electron chi connectivity index (χ0n) is 14.0. The van der Waals surface area contributed by atoms with Crippen molar-refractivity contribution < 1.29 is 4.79 Å². The molecule has 0 spiro atoms. The molecule has 6 nitrogen and oxygen atoms in total. The Balaban J connectivity index is 1.52. The van der Waals surface area contributed by atoms with E-state index >= 15 is 0 Å². The van der Waals surface area contributed by atoms with Gasteiger partial charge in [0.05, 0.1) is 0 Å². The number of rotatable bonds is 4. The fraction of sp³-hybridized carbons (Fsp3) is 0.389. The molecule has 1 aromatic carbocycles. The number of hydrogen-bond donors (Lipinski definition) is 1. The van der Waals surface area contributed by atoms with E-state index in [4.69, 9.17) is 5.73 Å². The van der Waals surface area contributed by atoms with Crippen LogP contribution in [0.2, 0.25) is 0 Å². The van der Waals surface area contributed by atoms with Crippen molar-refractivity contribution in [3.05, 3.63) is 47.7 Å². The Kier molecular flexibility index (Phi) is 4.93. The highest BCUT2D eigenvalue weighted by molar-refractivity contribution is 5.76. The monoisotopic (exact) mass is 325 g/mol. The molecular weight excluding hydrogens is 302 g/mol. The highest BCUT2D eigenvalue weighted by Gasteiger charge is 2.22. The molecule has 0 saturated carbocycles. The van der Waals surface area contributed by atoms with Gasteiger partial charge < -0.3 is 15.5 Å². The number of piperazine rings is 1. The molecule has 1 aliphatic heterocycles. The summed E-state index contributed by atoms with van der Waals surface area (Å²) in [5.41, 5.74) is 7.79. The molecule has 1 fully saturated rings. The van der Waals surface area contributed by atoms with Gasteiger partial charge in [-0.25, -0.2) is 4.98 Å². The maximum atomic E-state index is 12.4. The van der Waals surface area contributed by atoms with Crippen molar-refractivity contribution in [3.8, 4) is 0 Å². The molecule has 0 unspecified atom stereocenters. The number of benzene rings is 1. The Morgan fingerprint density at radius 2 is 1.83 bits per heavy atom. The van der Waals surface area contributed by atoms with E-state index < -0.39 is 0 Å². The molecule has 0 aliphatic carbocycles. The van der Waals surface area contributed by atoms with Gasteiger partial charge in [-0.15, -0.1) is 0 Å². The summed E-state index contributed by atoms with van der Waals surface area (Å²) in [4.78, 5) is 24.9. The Hall–Kier alpha value is -2.63. The summed E-state index contributed by atoms with van der Waals surface area (Å²) in [6.07, 6.45) is 1.35. The van der Waals surface area contributed by atoms with Crippen molar-refractivity contribution in [2.75, 3.05) is 36.8 Å². The van der Waals surface area contributed by atoms with Crippen LogP contribution in [-0.4, -0.2) is 47.0 Å². The van der Waals surface area contributed by atoms with E-state index in [2.05, 4.69) is 27.0 Å². The fourth-order valence-electron chi connectivity index (χ4n) is 2.98. The van der Waals surface area contributed by atoms with Crippen molar-refractivity contribution in [2.45, 2.75) is 19.8 Å². The molecule has 1 saturated heterocycles. The van der Waals surface area contributed by atoms with Gasteiger partial charge in [0.25, 0.3) is 0 Å². The summed E-state index contributed by atoms with van der Waals surface area (Å²) in [6.45, 7) is 4.89. The maximum absolute atomic E-state index is 12.4. The highest BCUT2D eigenvalue weighted by atomic mass is 16.2. The van der Waals surface area contributed by atoms with Gasteiger partial charge in [-0.1, -0.05) is 30.3 Å². The van der Waals surface area contributed by atoms with Crippen LogP contribution in [-0.2, 0) is 11.2 Å². The molecule has 0 bridgehead atoms. The van der Waals surface area contributed by atoms with Gasteiger partial charge in [0.15, 0.2) is 0 Å². The first-order chi connectivity index (χ1) is 11.6. The number of carbonyl (C=O) groups excluding carboxylic acids is 1. The number of nitrogens with two attached hydrogens (primary N) is 1. The molecule has 126 valence electrons. The molecule has 2 N–H and O–H groups in total. The Bertz CT molecular complexity index is 676. The van der Waals surface area contributed by atoms with Gasteiger partial charge in [0.1, 0.15) is 5.82 Å². The summed E-state index contributed by atoms with van der Waals surface area (Å²) in [5, 5.41) is 0. The third-order valence-corrected chi connectivity index (χ3v) is 4.28. The number of aromatic nitrogens is 2. The van der Waals surface area contributed by atoms with Gasteiger partial charge in [-0.05, 0) is 18.9 Å². The van der Waals surface area contributed by atoms with E-state index in [9.17, 15) is 4.79 Å². The second-order valence-corrected chi connectivity index (χ2v) is 6.08. The quantitative estimate of drug-likeness (QED) is 0.925. The lowest BCUT2D eigenvalue weighted by Gasteiger charge is -2.35. The van der Waals surface area contributed by atoms with Crippen molar-refractivity contribution in [1.29, 1.82) is 0 Å². The number of anilines is 2. The summed E-state index contributed by atoms with van der Waals surface area (Å²) in [6, 6.07) is 12.1. The van der Waals surface area contributed by atoms with E-state index in [1.165, 1.54) is 5.56 Å². The summed E-state index contributed by atoms with van der Waals surface area (Å²) >= 11 is 0. The molecule has 1 amide bonds. The van der Waals surface area contributed by atoms with Crippen LogP contribution >= 0.6 is 0 Å². The Morgan fingerprint density at radius 3 is 2.50 bits per heavy atom. The first kappa shape index (κ1) is 16.2. The molecule has 6 heteroatoms. The highest BCUT2D eigenvalue weighted by Crippen LogP contribution is 2.16. The predicted molar refractivity (Wildman–Crippen MR) is 94.7 cm³/mol. The Morgan fingerprint density at radius 1 is 1.12 bits per heavy atom. The van der Waals surface area contributed by atoms with Crippen LogP contribution in [0.15, 0.2) is 36.4 Å². The molecule has 0 radical (unpaired) electrons. The molecular formula is C18H23N5O. The van der Waals surface area contributed by atoms with Crippen molar-refractivity contribution >= 4 is 17.7 Å². The van der Waals surface area contributed by atoms with Gasteiger partial charge in [0, 0.05) is 44.4 Å². The SMILES string of the molecule is Cc1cc(N2CCN(C(=O)CCc3ccccc3)CC2)nc(N)n1. The standard InChI is InChI=1S/C18H23N5O/c1-14-13-16(21-18(19)20-14)22-9-11-23(12-10-22)17(24)8-7-15-5-3-2-4-6-15/h2-6,13H,7-12H2,1H3,(H2,19,20,21). The van der Waals surface area contributed by atoms with Gasteiger partial charge in [0.2, 0.25) is 11.9 Å².